The second-order valence-electron chi connectivity index (χ2n) is 8.72. The van der Waals surface area contributed by atoms with Gasteiger partial charge in [0.1, 0.15) is 17.8 Å². The number of aliphatic hydroxyl groups is 1. The van der Waals surface area contributed by atoms with Crippen molar-refractivity contribution < 1.29 is 18.1 Å². The number of aromatic nitrogens is 3. The van der Waals surface area contributed by atoms with Crippen LogP contribution in [0.3, 0.4) is 0 Å². The van der Waals surface area contributed by atoms with Crippen molar-refractivity contribution in [1.29, 1.82) is 0 Å². The molecule has 2 heterocycles. The Kier molecular flexibility index (Phi) is 5.40. The van der Waals surface area contributed by atoms with Gasteiger partial charge in [0.05, 0.1) is 23.6 Å². The number of hydrogen-bond acceptors (Lipinski definition) is 6. The molecule has 1 saturated carbocycles. The molecule has 0 unspecified atom stereocenters. The zero-order valence-corrected chi connectivity index (χ0v) is 18.6. The summed E-state index contributed by atoms with van der Waals surface area (Å²) in [6, 6.07) is 9.80. The average molecular weight is 458 g/mol. The van der Waals surface area contributed by atoms with Gasteiger partial charge in [-0.2, -0.15) is 12.7 Å². The van der Waals surface area contributed by atoms with E-state index in [0.29, 0.717) is 12.8 Å². The van der Waals surface area contributed by atoms with Gasteiger partial charge in [-0.15, -0.1) is 0 Å². The molecule has 3 N–H and O–H groups in total. The first-order chi connectivity index (χ1) is 15.3. The van der Waals surface area contributed by atoms with Gasteiger partial charge in [0.15, 0.2) is 0 Å². The van der Waals surface area contributed by atoms with Crippen LogP contribution in [0.4, 0.5) is 5.82 Å². The summed E-state index contributed by atoms with van der Waals surface area (Å²) < 4.78 is 35.2. The van der Waals surface area contributed by atoms with Gasteiger partial charge < -0.3 is 15.0 Å². The first-order valence-electron chi connectivity index (χ1n) is 10.9. The highest BCUT2D eigenvalue weighted by atomic mass is 32.2. The highest BCUT2D eigenvalue weighted by Crippen LogP contribution is 2.38. The minimum Gasteiger partial charge on any atom is -0.391 e. The van der Waals surface area contributed by atoms with E-state index in [1.807, 2.05) is 16.8 Å². The van der Waals surface area contributed by atoms with Crippen LogP contribution in [0.1, 0.15) is 48.9 Å². The molecule has 10 heteroatoms. The fourth-order valence-corrected chi connectivity index (χ4v) is 5.78. The summed E-state index contributed by atoms with van der Waals surface area (Å²) in [6.45, 7) is 0. The number of benzene rings is 1. The number of aryl methyl sites for hydroxylation is 1. The van der Waals surface area contributed by atoms with Gasteiger partial charge >= 0.3 is 10.3 Å². The van der Waals surface area contributed by atoms with Crippen LogP contribution in [-0.2, 0) is 16.7 Å². The van der Waals surface area contributed by atoms with Crippen LogP contribution >= 0.6 is 0 Å². The number of likely N-dealkylation sites (N-methyl/N-ethyl adjacent to an activating group) is 1. The number of nitrogens with one attached hydrogen (secondary N) is 1. The van der Waals surface area contributed by atoms with E-state index >= 15 is 0 Å². The fraction of sp³-hybridized carbons (Fsp3) is 0.455. The molecule has 0 spiro atoms. The van der Waals surface area contributed by atoms with E-state index in [0.717, 1.165) is 40.4 Å². The Morgan fingerprint density at radius 1 is 1.19 bits per heavy atom. The van der Waals surface area contributed by atoms with Crippen molar-refractivity contribution >= 4 is 27.2 Å². The van der Waals surface area contributed by atoms with E-state index < -0.39 is 22.4 Å². The summed E-state index contributed by atoms with van der Waals surface area (Å²) in [5, 5.41) is 14.9. The Hall–Kier alpha value is -2.53. The zero-order chi connectivity index (χ0) is 22.5. The van der Waals surface area contributed by atoms with Crippen LogP contribution < -0.4 is 5.32 Å². The van der Waals surface area contributed by atoms with Crippen molar-refractivity contribution in [1.82, 2.24) is 18.8 Å². The van der Waals surface area contributed by atoms with Gasteiger partial charge in [-0.25, -0.2) is 9.97 Å². The molecule has 0 saturated heterocycles. The van der Waals surface area contributed by atoms with Gasteiger partial charge in [-0.1, -0.05) is 24.3 Å². The second kappa shape index (κ2) is 8.11. The number of rotatable bonds is 5. The monoisotopic (exact) mass is 457 g/mol. The molecular weight excluding hydrogens is 430 g/mol. The molecule has 9 nitrogen and oxygen atoms in total. The lowest BCUT2D eigenvalue weighted by Gasteiger charge is -2.27. The Labute approximate surface area is 187 Å². The SMILES string of the molecule is CN([C@H]1C[C@@H](n2ccc3c(N[C@H]4CCCc5ccccc54)ncnc32)C[C@@H]1O)S(=O)(=O)O. The third kappa shape index (κ3) is 3.77. The largest absolute Gasteiger partial charge is 0.391 e. The average Bonchev–Trinajstić information content (AvgIpc) is 3.37. The Morgan fingerprint density at radius 2 is 2.00 bits per heavy atom. The number of nitrogens with zero attached hydrogens (tertiary/aromatic N) is 4. The van der Waals surface area contributed by atoms with E-state index in [-0.39, 0.29) is 12.1 Å². The summed E-state index contributed by atoms with van der Waals surface area (Å²) in [5.41, 5.74) is 3.41. The predicted molar refractivity (Wildman–Crippen MR) is 121 cm³/mol. The van der Waals surface area contributed by atoms with E-state index in [4.69, 9.17) is 0 Å². The molecule has 0 bridgehead atoms. The van der Waals surface area contributed by atoms with Crippen LogP contribution in [0, 0.1) is 0 Å². The van der Waals surface area contributed by atoms with Crippen molar-refractivity contribution in [3.05, 3.63) is 54.0 Å². The zero-order valence-electron chi connectivity index (χ0n) is 17.8. The predicted octanol–water partition coefficient (Wildman–Crippen LogP) is 2.72. The molecule has 32 heavy (non-hydrogen) atoms. The van der Waals surface area contributed by atoms with Crippen molar-refractivity contribution in [2.75, 3.05) is 12.4 Å². The van der Waals surface area contributed by atoms with Gasteiger partial charge in [-0.05, 0) is 49.3 Å². The minimum absolute atomic E-state index is 0.144. The van der Waals surface area contributed by atoms with Crippen LogP contribution in [0.2, 0.25) is 0 Å². The van der Waals surface area contributed by atoms with Crippen molar-refractivity contribution in [3.63, 3.8) is 0 Å². The summed E-state index contributed by atoms with van der Waals surface area (Å²) in [4.78, 5) is 8.98. The molecule has 2 aliphatic carbocycles. The smallest absolute Gasteiger partial charge is 0.335 e. The lowest BCUT2D eigenvalue weighted by molar-refractivity contribution is 0.117. The van der Waals surface area contributed by atoms with Crippen LogP contribution in [0.25, 0.3) is 11.0 Å². The van der Waals surface area contributed by atoms with Crippen LogP contribution in [-0.4, -0.2) is 56.1 Å². The van der Waals surface area contributed by atoms with E-state index in [2.05, 4.69) is 39.6 Å². The van der Waals surface area contributed by atoms with Crippen LogP contribution in [0.5, 0.6) is 0 Å². The maximum Gasteiger partial charge on any atom is 0.335 e. The molecular formula is C22H27N5O4S. The summed E-state index contributed by atoms with van der Waals surface area (Å²) >= 11 is 0. The topological polar surface area (TPSA) is 121 Å². The molecule has 4 atom stereocenters. The van der Waals surface area contributed by atoms with Gasteiger partial charge in [0.25, 0.3) is 0 Å². The molecule has 2 aliphatic rings. The van der Waals surface area contributed by atoms with Gasteiger partial charge in [0.2, 0.25) is 0 Å². The fourth-order valence-electron chi connectivity index (χ4n) is 5.21. The summed E-state index contributed by atoms with van der Waals surface area (Å²) in [5.74, 6) is 0.764. The molecule has 170 valence electrons. The molecule has 0 amide bonds. The van der Waals surface area contributed by atoms with Crippen molar-refractivity contribution in [3.8, 4) is 0 Å². The van der Waals surface area contributed by atoms with Crippen LogP contribution in [0.15, 0.2) is 42.9 Å². The molecule has 2 aromatic heterocycles. The highest BCUT2D eigenvalue weighted by molar-refractivity contribution is 7.83. The first kappa shape index (κ1) is 21.3. The third-order valence-corrected chi connectivity index (χ3v) is 7.88. The molecule has 0 aliphatic heterocycles. The van der Waals surface area contributed by atoms with Gasteiger partial charge in [0, 0.05) is 19.3 Å². The van der Waals surface area contributed by atoms with Crippen molar-refractivity contribution in [2.24, 2.45) is 0 Å². The lowest BCUT2D eigenvalue weighted by atomic mass is 9.88. The maximum atomic E-state index is 11.5. The lowest BCUT2D eigenvalue weighted by Crippen LogP contribution is -2.41. The summed E-state index contributed by atoms with van der Waals surface area (Å²) in [6.07, 6.45) is 6.56. The summed E-state index contributed by atoms with van der Waals surface area (Å²) in [7, 11) is -3.09. The number of aliphatic hydroxyl groups excluding tert-OH is 1. The van der Waals surface area contributed by atoms with Gasteiger partial charge in [-0.3, -0.25) is 4.55 Å². The first-order valence-corrected chi connectivity index (χ1v) is 12.3. The second-order valence-corrected chi connectivity index (χ2v) is 10.2. The highest BCUT2D eigenvalue weighted by Gasteiger charge is 2.40. The quantitative estimate of drug-likeness (QED) is 0.504. The van der Waals surface area contributed by atoms with Crippen molar-refractivity contribution in [2.45, 2.75) is 56.3 Å². The minimum atomic E-state index is -4.37. The Balaban J connectivity index is 1.42. The Morgan fingerprint density at radius 3 is 2.81 bits per heavy atom. The molecule has 5 rings (SSSR count). The normalized spacial score (nSPS) is 25.9. The van der Waals surface area contributed by atoms with E-state index in [9.17, 15) is 18.1 Å². The molecule has 0 radical (unpaired) electrons. The molecule has 1 aromatic carbocycles. The molecule has 1 fully saturated rings. The number of anilines is 1. The standard InChI is InChI=1S/C22H27N5O4S/c1-26(32(29,30)31)19-11-15(12-20(19)28)27-10-9-17-21(23-13-24-22(17)27)25-18-8-4-6-14-5-2-3-7-16(14)18/h2-3,5,7,9-10,13,15,18-20,28H,4,6,8,11-12H2,1H3,(H,23,24,25)(H,29,30,31)/t15-,18+,19+,20+/m1/s1. The van der Waals surface area contributed by atoms with E-state index in [1.165, 1.54) is 24.5 Å². The number of fused-ring (bicyclic) bond motifs is 2. The van der Waals surface area contributed by atoms with E-state index in [1.54, 1.807) is 0 Å². The third-order valence-electron chi connectivity index (χ3n) is 6.89. The number of hydrogen-bond donors (Lipinski definition) is 3. The Bertz CT molecular complexity index is 1240. The maximum absolute atomic E-state index is 11.5. The molecule has 3 aromatic rings.